The number of rotatable bonds is 5. The van der Waals surface area contributed by atoms with Crippen molar-refractivity contribution >= 4 is 33.4 Å². The van der Waals surface area contributed by atoms with Gasteiger partial charge in [-0.3, -0.25) is 19.3 Å². The first kappa shape index (κ1) is 24.5. The van der Waals surface area contributed by atoms with Crippen molar-refractivity contribution in [1.29, 1.82) is 0 Å². The van der Waals surface area contributed by atoms with Gasteiger partial charge in [-0.05, 0) is 49.3 Å². The van der Waals surface area contributed by atoms with Crippen LogP contribution in [0.25, 0.3) is 0 Å². The molecule has 3 heterocycles. The number of hydrogen-bond acceptors (Lipinski definition) is 6. The van der Waals surface area contributed by atoms with Gasteiger partial charge in [0.15, 0.2) is 6.61 Å². The molecule has 4 rings (SSSR count). The van der Waals surface area contributed by atoms with E-state index in [-0.39, 0.29) is 53.3 Å². The van der Waals surface area contributed by atoms with Gasteiger partial charge in [-0.25, -0.2) is 8.42 Å². The molecule has 2 atom stereocenters. The molecule has 0 aromatic heterocycles. The predicted octanol–water partition coefficient (Wildman–Crippen LogP) is 0.803. The number of primary amides is 1. The Hall–Kier alpha value is -2.66. The van der Waals surface area contributed by atoms with Crippen LogP contribution in [0.5, 0.6) is 5.75 Å². The number of ether oxygens (including phenoxy) is 1. The molecule has 1 aromatic carbocycles. The number of anilines is 1. The first-order valence-corrected chi connectivity index (χ1v) is 13.1. The number of nitrogens with zero attached hydrogens (tertiary/aromatic N) is 3. The summed E-state index contributed by atoms with van der Waals surface area (Å²) < 4.78 is 33.8. The minimum atomic E-state index is -3.76. The molecule has 2 saturated heterocycles. The van der Waals surface area contributed by atoms with Crippen LogP contribution in [0.3, 0.4) is 0 Å². The largest absolute Gasteiger partial charge is 0.482 e. The SMILES string of the molecule is CC1CC(C)CN(S(=O)(=O)c2ccc3c(c2)N(CC(=O)N2CCC(C(N)=O)CC2)C(=O)CO3)C1. The quantitative estimate of drug-likeness (QED) is 0.647. The Bertz CT molecular complexity index is 1070. The first-order valence-electron chi connectivity index (χ1n) is 11.7. The van der Waals surface area contributed by atoms with Gasteiger partial charge in [-0.2, -0.15) is 4.31 Å². The second kappa shape index (κ2) is 9.53. The summed E-state index contributed by atoms with van der Waals surface area (Å²) in [6, 6.07) is 4.46. The molecule has 2 unspecified atom stereocenters. The van der Waals surface area contributed by atoms with Crippen LogP contribution in [0, 0.1) is 17.8 Å². The van der Waals surface area contributed by atoms with Crippen molar-refractivity contribution in [3.63, 3.8) is 0 Å². The number of fused-ring (bicyclic) bond motifs is 1. The van der Waals surface area contributed by atoms with Crippen LogP contribution >= 0.6 is 0 Å². The van der Waals surface area contributed by atoms with Gasteiger partial charge >= 0.3 is 0 Å². The molecular weight excluding hydrogens is 460 g/mol. The summed E-state index contributed by atoms with van der Waals surface area (Å²) in [5.74, 6) is -0.418. The van der Waals surface area contributed by atoms with E-state index in [9.17, 15) is 22.8 Å². The van der Waals surface area contributed by atoms with E-state index >= 15 is 0 Å². The lowest BCUT2D eigenvalue weighted by Crippen LogP contribution is -2.49. The van der Waals surface area contributed by atoms with Gasteiger partial charge in [-0.1, -0.05) is 13.8 Å². The Morgan fingerprint density at radius 3 is 2.38 bits per heavy atom. The normalized spacial score (nSPS) is 24.5. The molecule has 10 nitrogen and oxygen atoms in total. The summed E-state index contributed by atoms with van der Waals surface area (Å²) in [7, 11) is -3.76. The Morgan fingerprint density at radius 2 is 1.76 bits per heavy atom. The molecule has 0 saturated carbocycles. The minimum Gasteiger partial charge on any atom is -0.482 e. The van der Waals surface area contributed by atoms with Gasteiger partial charge in [0.2, 0.25) is 21.8 Å². The highest BCUT2D eigenvalue weighted by Gasteiger charge is 2.35. The zero-order chi connectivity index (χ0) is 24.6. The van der Waals surface area contributed by atoms with Crippen molar-refractivity contribution < 1.29 is 27.5 Å². The maximum atomic E-state index is 13.4. The second-order valence-electron chi connectivity index (χ2n) is 9.72. The molecule has 3 amide bonds. The molecule has 3 aliphatic rings. The van der Waals surface area contributed by atoms with E-state index < -0.39 is 15.9 Å². The molecule has 0 aliphatic carbocycles. The molecule has 0 bridgehead atoms. The number of benzene rings is 1. The maximum Gasteiger partial charge on any atom is 0.265 e. The minimum absolute atomic E-state index is 0.0746. The van der Waals surface area contributed by atoms with Crippen molar-refractivity contribution in [3.8, 4) is 5.75 Å². The van der Waals surface area contributed by atoms with Crippen LogP contribution < -0.4 is 15.4 Å². The Kier molecular flexibility index (Phi) is 6.86. The van der Waals surface area contributed by atoms with Crippen LogP contribution in [0.4, 0.5) is 5.69 Å². The molecule has 186 valence electrons. The Balaban J connectivity index is 1.55. The van der Waals surface area contributed by atoms with E-state index in [1.807, 2.05) is 13.8 Å². The summed E-state index contributed by atoms with van der Waals surface area (Å²) in [5, 5.41) is 0. The van der Waals surface area contributed by atoms with Gasteiger partial charge in [0, 0.05) is 32.1 Å². The third-order valence-corrected chi connectivity index (χ3v) is 8.72. The lowest BCUT2D eigenvalue weighted by Gasteiger charge is -2.35. The Morgan fingerprint density at radius 1 is 1.12 bits per heavy atom. The fraction of sp³-hybridized carbons (Fsp3) is 0.609. The molecule has 2 fully saturated rings. The van der Waals surface area contributed by atoms with Crippen LogP contribution in [-0.2, 0) is 24.4 Å². The van der Waals surface area contributed by atoms with E-state index in [4.69, 9.17) is 10.5 Å². The molecule has 0 spiro atoms. The summed E-state index contributed by atoms with van der Waals surface area (Å²) in [4.78, 5) is 40.0. The standard InChI is InChI=1S/C23H32N4O6S/c1-15-9-16(2)12-26(11-15)34(31,32)18-3-4-20-19(10-18)27(22(29)14-33-20)13-21(28)25-7-5-17(6-8-25)23(24)30/h3-4,10,15-17H,5-9,11-14H2,1-2H3,(H2,24,30). The van der Waals surface area contributed by atoms with Crippen molar-refractivity contribution in [3.05, 3.63) is 18.2 Å². The van der Waals surface area contributed by atoms with E-state index in [0.29, 0.717) is 44.8 Å². The first-order chi connectivity index (χ1) is 16.1. The number of likely N-dealkylation sites (tertiary alicyclic amines) is 1. The lowest BCUT2D eigenvalue weighted by molar-refractivity contribution is -0.134. The van der Waals surface area contributed by atoms with E-state index in [0.717, 1.165) is 6.42 Å². The third-order valence-electron chi connectivity index (χ3n) is 6.89. The summed E-state index contributed by atoms with van der Waals surface area (Å²) in [6.45, 7) is 5.30. The van der Waals surface area contributed by atoms with Crippen LogP contribution in [0.15, 0.2) is 23.1 Å². The summed E-state index contributed by atoms with van der Waals surface area (Å²) in [6.07, 6.45) is 1.96. The highest BCUT2D eigenvalue weighted by Crippen LogP contribution is 2.36. The van der Waals surface area contributed by atoms with E-state index in [1.165, 1.54) is 21.3 Å². The van der Waals surface area contributed by atoms with Crippen LogP contribution in [-0.4, -0.2) is 74.7 Å². The number of carbonyl (C=O) groups is 3. The fourth-order valence-electron chi connectivity index (χ4n) is 5.12. The van der Waals surface area contributed by atoms with Crippen molar-refractivity contribution in [2.45, 2.75) is 38.0 Å². The number of nitrogens with two attached hydrogens (primary N) is 1. The Labute approximate surface area is 200 Å². The van der Waals surface area contributed by atoms with E-state index in [1.54, 1.807) is 11.0 Å². The maximum absolute atomic E-state index is 13.4. The number of piperidine rings is 2. The highest BCUT2D eigenvalue weighted by molar-refractivity contribution is 7.89. The van der Waals surface area contributed by atoms with Crippen LogP contribution in [0.1, 0.15) is 33.1 Å². The molecular formula is C23H32N4O6S. The van der Waals surface area contributed by atoms with Gasteiger partial charge in [0.05, 0.1) is 10.6 Å². The number of amides is 3. The van der Waals surface area contributed by atoms with Gasteiger partial charge in [-0.15, -0.1) is 0 Å². The molecule has 0 radical (unpaired) electrons. The smallest absolute Gasteiger partial charge is 0.265 e. The molecule has 11 heteroatoms. The van der Waals surface area contributed by atoms with Crippen molar-refractivity contribution in [2.24, 2.45) is 23.5 Å². The topological polar surface area (TPSA) is 130 Å². The summed E-state index contributed by atoms with van der Waals surface area (Å²) in [5.41, 5.74) is 5.64. The van der Waals surface area contributed by atoms with Crippen molar-refractivity contribution in [1.82, 2.24) is 9.21 Å². The zero-order valence-corrected chi connectivity index (χ0v) is 20.4. The van der Waals surface area contributed by atoms with Gasteiger partial charge in [0.25, 0.3) is 5.91 Å². The average Bonchev–Trinajstić information content (AvgIpc) is 2.80. The van der Waals surface area contributed by atoms with Gasteiger partial charge < -0.3 is 15.4 Å². The monoisotopic (exact) mass is 492 g/mol. The lowest BCUT2D eigenvalue weighted by atomic mass is 9.94. The van der Waals surface area contributed by atoms with Crippen molar-refractivity contribution in [2.75, 3.05) is 44.2 Å². The van der Waals surface area contributed by atoms with E-state index in [2.05, 4.69) is 0 Å². The molecule has 1 aromatic rings. The zero-order valence-electron chi connectivity index (χ0n) is 19.6. The average molecular weight is 493 g/mol. The second-order valence-corrected chi connectivity index (χ2v) is 11.7. The number of carbonyl (C=O) groups excluding carboxylic acids is 3. The number of hydrogen-bond donors (Lipinski definition) is 1. The molecule has 34 heavy (non-hydrogen) atoms. The van der Waals surface area contributed by atoms with Crippen LogP contribution in [0.2, 0.25) is 0 Å². The van der Waals surface area contributed by atoms with Gasteiger partial charge in [0.1, 0.15) is 12.3 Å². The molecule has 3 aliphatic heterocycles. The fourth-order valence-corrected chi connectivity index (χ4v) is 6.82. The third kappa shape index (κ3) is 4.90. The summed E-state index contributed by atoms with van der Waals surface area (Å²) >= 11 is 0. The molecule has 2 N–H and O–H groups in total. The number of sulfonamides is 1. The predicted molar refractivity (Wildman–Crippen MR) is 124 cm³/mol. The highest BCUT2D eigenvalue weighted by atomic mass is 32.2.